The second-order valence-corrected chi connectivity index (χ2v) is 7.75. The smallest absolute Gasteiger partial charge is 0.344 e. The summed E-state index contributed by atoms with van der Waals surface area (Å²) < 4.78 is 10.8. The van der Waals surface area contributed by atoms with E-state index in [1.165, 1.54) is 6.42 Å². The molecule has 1 saturated carbocycles. The van der Waals surface area contributed by atoms with E-state index in [4.69, 9.17) is 9.47 Å². The van der Waals surface area contributed by atoms with Gasteiger partial charge >= 0.3 is 11.9 Å². The highest BCUT2D eigenvalue weighted by atomic mass is 16.6. The van der Waals surface area contributed by atoms with E-state index < -0.39 is 11.9 Å². The van der Waals surface area contributed by atoms with Crippen molar-refractivity contribution in [3.8, 4) is 0 Å². The summed E-state index contributed by atoms with van der Waals surface area (Å²) in [5, 5.41) is 0. The summed E-state index contributed by atoms with van der Waals surface area (Å²) in [7, 11) is 0. The van der Waals surface area contributed by atoms with Crippen molar-refractivity contribution in [2.75, 3.05) is 6.61 Å². The van der Waals surface area contributed by atoms with Gasteiger partial charge in [0.25, 0.3) is 0 Å². The first-order valence-corrected chi connectivity index (χ1v) is 9.21. The molecular formula is C21H30O4. The molecule has 0 aliphatic heterocycles. The van der Waals surface area contributed by atoms with Gasteiger partial charge in [-0.05, 0) is 56.1 Å². The quantitative estimate of drug-likeness (QED) is 0.739. The van der Waals surface area contributed by atoms with Gasteiger partial charge in [-0.2, -0.15) is 0 Å². The first kappa shape index (κ1) is 19.5. The van der Waals surface area contributed by atoms with Gasteiger partial charge in [-0.25, -0.2) is 9.59 Å². The van der Waals surface area contributed by atoms with E-state index in [-0.39, 0.29) is 12.7 Å². The van der Waals surface area contributed by atoms with Crippen molar-refractivity contribution >= 4 is 11.9 Å². The minimum Gasteiger partial charge on any atom is -0.460 e. The fraction of sp³-hybridized carbons (Fsp3) is 0.619. The summed E-state index contributed by atoms with van der Waals surface area (Å²) in [5.41, 5.74) is 2.32. The fourth-order valence-electron chi connectivity index (χ4n) is 3.61. The molecule has 0 amide bonds. The van der Waals surface area contributed by atoms with E-state index in [0.29, 0.717) is 23.3 Å². The van der Waals surface area contributed by atoms with Gasteiger partial charge in [-0.1, -0.05) is 44.9 Å². The normalized spacial score (nSPS) is 23.4. The van der Waals surface area contributed by atoms with Crippen LogP contribution >= 0.6 is 0 Å². The van der Waals surface area contributed by atoms with Crippen LogP contribution in [0.3, 0.4) is 0 Å². The number of esters is 2. The van der Waals surface area contributed by atoms with Gasteiger partial charge < -0.3 is 9.47 Å². The molecule has 0 radical (unpaired) electrons. The lowest BCUT2D eigenvalue weighted by Gasteiger charge is -2.36. The van der Waals surface area contributed by atoms with Crippen LogP contribution in [0.15, 0.2) is 18.2 Å². The van der Waals surface area contributed by atoms with Gasteiger partial charge in [-0.3, -0.25) is 0 Å². The maximum Gasteiger partial charge on any atom is 0.344 e. The molecule has 4 heteroatoms. The molecule has 138 valence electrons. The Balaban J connectivity index is 1.91. The summed E-state index contributed by atoms with van der Waals surface area (Å²) in [5.74, 6) is 0.488. The third-order valence-corrected chi connectivity index (χ3v) is 5.18. The molecule has 1 aliphatic carbocycles. The third kappa shape index (κ3) is 5.32. The van der Waals surface area contributed by atoms with Crippen LogP contribution in [0.2, 0.25) is 0 Å². The lowest BCUT2D eigenvalue weighted by atomic mass is 9.75. The maximum atomic E-state index is 12.2. The number of hydrogen-bond acceptors (Lipinski definition) is 4. The van der Waals surface area contributed by atoms with Crippen molar-refractivity contribution in [3.63, 3.8) is 0 Å². The highest BCUT2D eigenvalue weighted by Gasteiger charge is 2.33. The summed E-state index contributed by atoms with van der Waals surface area (Å²) >= 11 is 0. The molecule has 3 unspecified atom stereocenters. The standard InChI is InChI=1S/C21H30O4/c1-13(2)17-9-7-15(4)11-19(17)25-20(22)12-24-21(23)18-10-14(3)6-8-16(18)5/h6,8,10,13,15,17,19H,7,9,11-12H2,1-5H3. The number of ether oxygens (including phenoxy) is 2. The van der Waals surface area contributed by atoms with Gasteiger partial charge in [0, 0.05) is 0 Å². The Morgan fingerprint density at radius 3 is 2.60 bits per heavy atom. The minimum absolute atomic E-state index is 0.0735. The molecule has 2 rings (SSSR count). The molecule has 1 fully saturated rings. The molecule has 0 bridgehead atoms. The zero-order valence-corrected chi connectivity index (χ0v) is 16.0. The molecule has 0 N–H and O–H groups in total. The number of carbonyl (C=O) groups excluding carboxylic acids is 2. The fourth-order valence-corrected chi connectivity index (χ4v) is 3.61. The van der Waals surface area contributed by atoms with Gasteiger partial charge in [0.15, 0.2) is 6.61 Å². The molecule has 0 spiro atoms. The number of carbonyl (C=O) groups is 2. The van der Waals surface area contributed by atoms with E-state index >= 15 is 0 Å². The SMILES string of the molecule is Cc1ccc(C)c(C(=O)OCC(=O)OC2CC(C)CCC2C(C)C)c1. The number of hydrogen-bond donors (Lipinski definition) is 0. The van der Waals surface area contributed by atoms with E-state index in [0.717, 1.165) is 24.0 Å². The molecular weight excluding hydrogens is 316 g/mol. The van der Waals surface area contributed by atoms with E-state index in [2.05, 4.69) is 20.8 Å². The van der Waals surface area contributed by atoms with Crippen molar-refractivity contribution in [1.29, 1.82) is 0 Å². The first-order chi connectivity index (χ1) is 11.8. The van der Waals surface area contributed by atoms with Crippen molar-refractivity contribution in [2.24, 2.45) is 17.8 Å². The Morgan fingerprint density at radius 1 is 1.20 bits per heavy atom. The molecule has 1 aliphatic rings. The largest absolute Gasteiger partial charge is 0.460 e. The number of benzene rings is 1. The lowest BCUT2D eigenvalue weighted by Crippen LogP contribution is -2.36. The van der Waals surface area contributed by atoms with Gasteiger partial charge in [-0.15, -0.1) is 0 Å². The number of rotatable bonds is 5. The van der Waals surface area contributed by atoms with Crippen molar-refractivity contribution < 1.29 is 19.1 Å². The van der Waals surface area contributed by atoms with Gasteiger partial charge in [0.1, 0.15) is 6.10 Å². The highest BCUT2D eigenvalue weighted by molar-refractivity contribution is 5.92. The van der Waals surface area contributed by atoms with Gasteiger partial charge in [0.05, 0.1) is 5.56 Å². The van der Waals surface area contributed by atoms with Crippen molar-refractivity contribution in [3.05, 3.63) is 34.9 Å². The van der Waals surface area contributed by atoms with Crippen LogP contribution in [0.5, 0.6) is 0 Å². The first-order valence-electron chi connectivity index (χ1n) is 9.21. The third-order valence-electron chi connectivity index (χ3n) is 5.18. The molecule has 4 nitrogen and oxygen atoms in total. The van der Waals surface area contributed by atoms with Crippen LogP contribution < -0.4 is 0 Å². The summed E-state index contributed by atoms with van der Waals surface area (Å²) in [6, 6.07) is 5.60. The molecule has 0 saturated heterocycles. The number of aryl methyl sites for hydroxylation is 2. The Labute approximate surface area is 150 Å². The summed E-state index contributed by atoms with van der Waals surface area (Å²) in [4.78, 5) is 24.4. The van der Waals surface area contributed by atoms with Crippen LogP contribution in [-0.2, 0) is 14.3 Å². The predicted molar refractivity (Wildman–Crippen MR) is 97.4 cm³/mol. The topological polar surface area (TPSA) is 52.6 Å². The van der Waals surface area contributed by atoms with E-state index in [1.807, 2.05) is 26.0 Å². The van der Waals surface area contributed by atoms with Crippen LogP contribution in [0.25, 0.3) is 0 Å². The average Bonchev–Trinajstić information content (AvgIpc) is 2.54. The molecule has 1 aromatic rings. The average molecular weight is 346 g/mol. The Bertz CT molecular complexity index is 620. The molecule has 3 atom stereocenters. The predicted octanol–water partition coefficient (Wildman–Crippen LogP) is 4.46. The minimum atomic E-state index is -0.476. The van der Waals surface area contributed by atoms with Crippen molar-refractivity contribution in [1.82, 2.24) is 0 Å². The second-order valence-electron chi connectivity index (χ2n) is 7.75. The van der Waals surface area contributed by atoms with E-state index in [1.54, 1.807) is 6.07 Å². The summed E-state index contributed by atoms with van der Waals surface area (Å²) in [6.45, 7) is 9.97. The molecule has 1 aromatic carbocycles. The monoisotopic (exact) mass is 346 g/mol. The second kappa shape index (κ2) is 8.50. The zero-order chi connectivity index (χ0) is 18.6. The van der Waals surface area contributed by atoms with Crippen LogP contribution in [0.4, 0.5) is 0 Å². The highest BCUT2D eigenvalue weighted by Crippen LogP contribution is 2.35. The maximum absolute atomic E-state index is 12.2. The summed E-state index contributed by atoms with van der Waals surface area (Å²) in [6.07, 6.45) is 3.08. The van der Waals surface area contributed by atoms with E-state index in [9.17, 15) is 9.59 Å². The molecule has 0 heterocycles. The lowest BCUT2D eigenvalue weighted by molar-refractivity contribution is -0.159. The van der Waals surface area contributed by atoms with Crippen LogP contribution in [-0.4, -0.2) is 24.6 Å². The Morgan fingerprint density at radius 2 is 1.92 bits per heavy atom. The van der Waals surface area contributed by atoms with Gasteiger partial charge in [0.2, 0.25) is 0 Å². The van der Waals surface area contributed by atoms with Crippen molar-refractivity contribution in [2.45, 2.75) is 60.0 Å². The molecule has 25 heavy (non-hydrogen) atoms. The Kier molecular flexibility index (Phi) is 6.63. The van der Waals surface area contributed by atoms with Crippen LogP contribution in [0.1, 0.15) is 61.5 Å². The zero-order valence-electron chi connectivity index (χ0n) is 16.0. The van der Waals surface area contributed by atoms with Crippen LogP contribution in [0, 0.1) is 31.6 Å². The Hall–Kier alpha value is -1.84. The molecule has 0 aromatic heterocycles.